The molecule has 0 nitrogen and oxygen atoms in total. The summed E-state index contributed by atoms with van der Waals surface area (Å²) in [5.74, 6) is 0.515. The van der Waals surface area contributed by atoms with E-state index in [1.807, 2.05) is 6.08 Å². The summed E-state index contributed by atoms with van der Waals surface area (Å²) >= 11 is 0. The Labute approximate surface area is 91.6 Å². The minimum atomic E-state index is 0.0771. The van der Waals surface area contributed by atoms with Crippen LogP contribution in [0.4, 0.5) is 4.39 Å². The first-order valence-electron chi connectivity index (χ1n) is 6.03. The summed E-state index contributed by atoms with van der Waals surface area (Å²) in [7, 11) is 0. The minimum absolute atomic E-state index is 0.0771. The normalized spacial score (nSPS) is 25.1. The standard InChI is InChI=1S/C14H19F/c1-2-3-4-8-12-11-7-5-6-9-13(12)14(15)10-11/h2,10,12H,1,3-9H2. The monoisotopic (exact) mass is 206 g/mol. The molecule has 2 rings (SSSR count). The van der Waals surface area contributed by atoms with Crippen LogP contribution in [0.1, 0.15) is 44.9 Å². The zero-order valence-corrected chi connectivity index (χ0v) is 9.27. The molecule has 0 aromatic heterocycles. The molecule has 2 aliphatic rings. The minimum Gasteiger partial charge on any atom is -0.207 e. The Morgan fingerprint density at radius 1 is 1.40 bits per heavy atom. The molecule has 0 aromatic rings. The van der Waals surface area contributed by atoms with E-state index < -0.39 is 0 Å². The van der Waals surface area contributed by atoms with Crippen LogP contribution in [0.15, 0.2) is 35.7 Å². The van der Waals surface area contributed by atoms with E-state index in [9.17, 15) is 4.39 Å². The number of hydrogen-bond acceptors (Lipinski definition) is 0. The van der Waals surface area contributed by atoms with Gasteiger partial charge in [0.2, 0.25) is 0 Å². The van der Waals surface area contributed by atoms with E-state index in [1.54, 1.807) is 6.08 Å². The molecule has 1 saturated carbocycles. The Balaban J connectivity index is 2.04. The third-order valence-corrected chi connectivity index (χ3v) is 3.55. The molecule has 0 N–H and O–H groups in total. The van der Waals surface area contributed by atoms with Gasteiger partial charge in [-0.15, -0.1) is 6.58 Å². The van der Waals surface area contributed by atoms with Gasteiger partial charge in [0.1, 0.15) is 5.83 Å². The summed E-state index contributed by atoms with van der Waals surface area (Å²) in [6.07, 6.45) is 11.5. The summed E-state index contributed by atoms with van der Waals surface area (Å²) in [6.45, 7) is 3.73. The van der Waals surface area contributed by atoms with E-state index in [4.69, 9.17) is 0 Å². The van der Waals surface area contributed by atoms with Crippen molar-refractivity contribution in [3.8, 4) is 0 Å². The predicted molar refractivity (Wildman–Crippen MR) is 62.2 cm³/mol. The lowest BCUT2D eigenvalue weighted by molar-refractivity contribution is 0.577. The predicted octanol–water partition coefficient (Wildman–Crippen LogP) is 4.70. The number of allylic oxidation sites excluding steroid dienone is 5. The molecule has 1 heteroatoms. The van der Waals surface area contributed by atoms with Crippen molar-refractivity contribution in [2.75, 3.05) is 0 Å². The number of hydrogen-bond donors (Lipinski definition) is 0. The van der Waals surface area contributed by atoms with Crippen LogP contribution in [0.3, 0.4) is 0 Å². The molecule has 0 aromatic carbocycles. The molecule has 2 aliphatic carbocycles. The quantitative estimate of drug-likeness (QED) is 0.462. The lowest BCUT2D eigenvalue weighted by Crippen LogP contribution is -2.02. The van der Waals surface area contributed by atoms with Gasteiger partial charge in [0, 0.05) is 5.92 Å². The van der Waals surface area contributed by atoms with Gasteiger partial charge < -0.3 is 0 Å². The number of unbranched alkanes of at least 4 members (excludes halogenated alkanes) is 1. The van der Waals surface area contributed by atoms with Gasteiger partial charge in [-0.2, -0.15) is 0 Å². The van der Waals surface area contributed by atoms with E-state index in [1.165, 1.54) is 12.0 Å². The average molecular weight is 206 g/mol. The summed E-state index contributed by atoms with van der Waals surface area (Å²) < 4.78 is 13.6. The number of rotatable bonds is 4. The molecule has 2 bridgehead atoms. The molecule has 0 spiro atoms. The van der Waals surface area contributed by atoms with Crippen molar-refractivity contribution < 1.29 is 4.39 Å². The van der Waals surface area contributed by atoms with Crippen LogP contribution in [-0.2, 0) is 0 Å². The second-order valence-electron chi connectivity index (χ2n) is 4.57. The second-order valence-corrected chi connectivity index (χ2v) is 4.57. The first-order chi connectivity index (χ1) is 7.33. The molecule has 0 saturated heterocycles. The molecule has 0 amide bonds. The van der Waals surface area contributed by atoms with Crippen molar-refractivity contribution in [2.45, 2.75) is 44.9 Å². The van der Waals surface area contributed by atoms with Crippen LogP contribution < -0.4 is 0 Å². The first-order valence-corrected chi connectivity index (χ1v) is 6.03. The third kappa shape index (κ3) is 2.22. The van der Waals surface area contributed by atoms with Gasteiger partial charge in [0.15, 0.2) is 0 Å². The highest BCUT2D eigenvalue weighted by Crippen LogP contribution is 2.43. The molecule has 1 atom stereocenters. The maximum atomic E-state index is 13.6. The van der Waals surface area contributed by atoms with Gasteiger partial charge in [0.25, 0.3) is 0 Å². The molecular weight excluding hydrogens is 187 g/mol. The SMILES string of the molecule is C=CCCCC1C2=CC(F)=C1CCCC2. The van der Waals surface area contributed by atoms with Crippen LogP contribution in [0.25, 0.3) is 0 Å². The van der Waals surface area contributed by atoms with Gasteiger partial charge >= 0.3 is 0 Å². The highest BCUT2D eigenvalue weighted by molar-refractivity contribution is 5.39. The number of fused-ring (bicyclic) bond motifs is 2. The topological polar surface area (TPSA) is 0 Å². The molecule has 0 radical (unpaired) electrons. The summed E-state index contributed by atoms with van der Waals surface area (Å²) in [6, 6.07) is 0. The van der Waals surface area contributed by atoms with Gasteiger partial charge in [-0.1, -0.05) is 11.6 Å². The van der Waals surface area contributed by atoms with Crippen molar-refractivity contribution in [1.29, 1.82) is 0 Å². The van der Waals surface area contributed by atoms with Crippen molar-refractivity contribution in [3.05, 3.63) is 35.7 Å². The van der Waals surface area contributed by atoms with Crippen LogP contribution in [0.5, 0.6) is 0 Å². The van der Waals surface area contributed by atoms with Crippen LogP contribution in [0, 0.1) is 5.92 Å². The summed E-state index contributed by atoms with van der Waals surface area (Å²) in [5.41, 5.74) is 2.44. The molecule has 0 aliphatic heterocycles. The average Bonchev–Trinajstić information content (AvgIpc) is 2.39. The Kier molecular flexibility index (Phi) is 3.40. The fourth-order valence-electron chi connectivity index (χ4n) is 2.76. The van der Waals surface area contributed by atoms with E-state index in [2.05, 4.69) is 6.58 Å². The lowest BCUT2D eigenvalue weighted by atomic mass is 9.89. The summed E-state index contributed by atoms with van der Waals surface area (Å²) in [4.78, 5) is 0. The maximum Gasteiger partial charge on any atom is 0.122 e. The Bertz CT molecular complexity index is 309. The molecule has 0 heterocycles. The molecule has 1 unspecified atom stereocenters. The second kappa shape index (κ2) is 4.78. The fraction of sp³-hybridized carbons (Fsp3) is 0.571. The van der Waals surface area contributed by atoms with E-state index in [0.717, 1.165) is 44.1 Å². The Morgan fingerprint density at radius 3 is 3.00 bits per heavy atom. The smallest absolute Gasteiger partial charge is 0.122 e. The van der Waals surface area contributed by atoms with Gasteiger partial charge in [-0.3, -0.25) is 0 Å². The lowest BCUT2D eigenvalue weighted by Gasteiger charge is -2.15. The van der Waals surface area contributed by atoms with Gasteiger partial charge in [-0.05, 0) is 56.6 Å². The largest absolute Gasteiger partial charge is 0.207 e. The molecule has 1 fully saturated rings. The zero-order chi connectivity index (χ0) is 10.7. The van der Waals surface area contributed by atoms with Crippen molar-refractivity contribution in [1.82, 2.24) is 0 Å². The molecule has 82 valence electrons. The summed E-state index contributed by atoms with van der Waals surface area (Å²) in [5, 5.41) is 0. The third-order valence-electron chi connectivity index (χ3n) is 3.55. The van der Waals surface area contributed by atoms with Crippen LogP contribution in [0.2, 0.25) is 0 Å². The zero-order valence-electron chi connectivity index (χ0n) is 9.27. The van der Waals surface area contributed by atoms with E-state index >= 15 is 0 Å². The molecular formula is C14H19F. The van der Waals surface area contributed by atoms with Crippen molar-refractivity contribution in [3.63, 3.8) is 0 Å². The Morgan fingerprint density at radius 2 is 2.20 bits per heavy atom. The highest BCUT2D eigenvalue weighted by Gasteiger charge is 2.28. The Hall–Kier alpha value is -0.850. The van der Waals surface area contributed by atoms with Crippen molar-refractivity contribution in [2.24, 2.45) is 5.92 Å². The fourth-order valence-corrected chi connectivity index (χ4v) is 2.76. The van der Waals surface area contributed by atoms with E-state index in [0.29, 0.717) is 5.92 Å². The van der Waals surface area contributed by atoms with Crippen LogP contribution >= 0.6 is 0 Å². The van der Waals surface area contributed by atoms with E-state index in [-0.39, 0.29) is 5.83 Å². The highest BCUT2D eigenvalue weighted by atomic mass is 19.1. The molecule has 15 heavy (non-hydrogen) atoms. The van der Waals surface area contributed by atoms with Gasteiger partial charge in [-0.25, -0.2) is 4.39 Å². The van der Waals surface area contributed by atoms with Crippen LogP contribution in [-0.4, -0.2) is 0 Å². The van der Waals surface area contributed by atoms with Crippen molar-refractivity contribution >= 4 is 0 Å². The van der Waals surface area contributed by atoms with Gasteiger partial charge in [0.05, 0.1) is 0 Å². The first kappa shape index (κ1) is 10.7. The maximum absolute atomic E-state index is 13.6. The number of halogens is 1.